The van der Waals surface area contributed by atoms with E-state index in [4.69, 9.17) is 0 Å². The van der Waals surface area contributed by atoms with Crippen LogP contribution in [0.25, 0.3) is 77.2 Å². The Bertz CT molecular complexity index is 2920. The van der Waals surface area contributed by atoms with Crippen LogP contribution in [0.3, 0.4) is 0 Å². The molecule has 0 aliphatic carbocycles. The maximum absolute atomic E-state index is 10.9. The van der Waals surface area contributed by atoms with Crippen LogP contribution in [0.4, 0.5) is 0 Å². The molecule has 5 nitrogen and oxygen atoms in total. The molecule has 0 unspecified atom stereocenters. The molecule has 9 aromatic rings. The summed E-state index contributed by atoms with van der Waals surface area (Å²) < 4.78 is 4.40. The summed E-state index contributed by atoms with van der Waals surface area (Å²) in [4.78, 5) is 0. The van der Waals surface area contributed by atoms with Crippen LogP contribution in [0, 0.1) is 34.0 Å². The summed E-state index contributed by atoms with van der Waals surface area (Å²) in [5, 5.41) is 35.0. The number of hydrogen-bond acceptors (Lipinski definition) is 3. The second kappa shape index (κ2) is 11.4. The zero-order chi connectivity index (χ0) is 33.8. The van der Waals surface area contributed by atoms with E-state index in [9.17, 15) is 15.8 Å². The molecule has 0 fully saturated rings. The van der Waals surface area contributed by atoms with E-state index in [1.807, 2.05) is 84.9 Å². The average molecular weight is 636 g/mol. The Kier molecular flexibility index (Phi) is 6.56. The van der Waals surface area contributed by atoms with Crippen molar-refractivity contribution in [3.05, 3.63) is 168 Å². The first kappa shape index (κ1) is 28.8. The molecule has 0 aliphatic rings. The maximum atomic E-state index is 10.9. The van der Waals surface area contributed by atoms with Crippen LogP contribution >= 0.6 is 0 Å². The summed E-state index contributed by atoms with van der Waals surface area (Å²) in [7, 11) is 0. The SMILES string of the molecule is N#Cc1ccc(-c2cccc(-n3c4ccccc4c4cc(C#N)ccc43)c2C#N)c(-c2ccccc2-n2c3ccccc3c3ccccc32)c1. The van der Waals surface area contributed by atoms with Gasteiger partial charge < -0.3 is 9.13 Å². The molecule has 0 saturated heterocycles. The van der Waals surface area contributed by atoms with Gasteiger partial charge in [0.05, 0.1) is 62.3 Å². The van der Waals surface area contributed by atoms with Crippen molar-refractivity contribution >= 4 is 43.6 Å². The van der Waals surface area contributed by atoms with E-state index in [0.717, 1.165) is 77.2 Å². The Morgan fingerprint density at radius 1 is 0.340 bits per heavy atom. The van der Waals surface area contributed by atoms with Gasteiger partial charge in [0.15, 0.2) is 0 Å². The van der Waals surface area contributed by atoms with Gasteiger partial charge in [0, 0.05) is 32.7 Å². The fraction of sp³-hybridized carbons (Fsp3) is 0. The molecule has 5 heteroatoms. The molecule has 0 amide bonds. The second-order valence-corrected chi connectivity index (χ2v) is 12.3. The normalized spacial score (nSPS) is 11.1. The quantitative estimate of drug-likeness (QED) is 0.193. The first-order valence-electron chi connectivity index (χ1n) is 16.3. The van der Waals surface area contributed by atoms with Gasteiger partial charge in [-0.25, -0.2) is 0 Å². The molecular formula is C45H25N5. The minimum atomic E-state index is 0.514. The highest BCUT2D eigenvalue weighted by molar-refractivity contribution is 6.11. The summed E-state index contributed by atoms with van der Waals surface area (Å²) in [5.74, 6) is 0. The van der Waals surface area contributed by atoms with E-state index in [-0.39, 0.29) is 0 Å². The van der Waals surface area contributed by atoms with Crippen molar-refractivity contribution in [2.45, 2.75) is 0 Å². The van der Waals surface area contributed by atoms with Crippen molar-refractivity contribution < 1.29 is 0 Å². The average Bonchev–Trinajstić information content (AvgIpc) is 3.69. The number of rotatable bonds is 4. The zero-order valence-corrected chi connectivity index (χ0v) is 26.7. The zero-order valence-electron chi connectivity index (χ0n) is 26.7. The molecule has 9 rings (SSSR count). The predicted octanol–water partition coefficient (Wildman–Crippen LogP) is 10.8. The number of aromatic nitrogens is 2. The van der Waals surface area contributed by atoms with Crippen molar-refractivity contribution in [1.29, 1.82) is 15.8 Å². The molecule has 0 atom stereocenters. The van der Waals surface area contributed by atoms with E-state index in [1.54, 1.807) is 0 Å². The number of hydrogen-bond donors (Lipinski definition) is 0. The molecule has 0 saturated carbocycles. The lowest BCUT2D eigenvalue weighted by Crippen LogP contribution is -2.01. The van der Waals surface area contributed by atoms with Crippen molar-refractivity contribution in [3.8, 4) is 51.8 Å². The molecule has 0 spiro atoms. The first-order valence-corrected chi connectivity index (χ1v) is 16.3. The van der Waals surface area contributed by atoms with Crippen LogP contribution in [0.15, 0.2) is 152 Å². The molecule has 0 aliphatic heterocycles. The highest BCUT2D eigenvalue weighted by atomic mass is 15.0. The third-order valence-electron chi connectivity index (χ3n) is 9.65. The second-order valence-electron chi connectivity index (χ2n) is 12.3. The van der Waals surface area contributed by atoms with Gasteiger partial charge in [0.1, 0.15) is 6.07 Å². The van der Waals surface area contributed by atoms with Crippen LogP contribution in [-0.2, 0) is 0 Å². The van der Waals surface area contributed by atoms with E-state index < -0.39 is 0 Å². The third-order valence-corrected chi connectivity index (χ3v) is 9.65. The molecule has 2 aromatic heterocycles. The molecular weight excluding hydrogens is 611 g/mol. The number of fused-ring (bicyclic) bond motifs is 6. The van der Waals surface area contributed by atoms with E-state index >= 15 is 0 Å². The molecule has 0 N–H and O–H groups in total. The van der Waals surface area contributed by atoms with Gasteiger partial charge in [0.2, 0.25) is 0 Å². The van der Waals surface area contributed by atoms with E-state index in [1.165, 1.54) is 0 Å². The molecule has 2 heterocycles. The van der Waals surface area contributed by atoms with Gasteiger partial charge in [-0.1, -0.05) is 91.0 Å². The topological polar surface area (TPSA) is 81.2 Å². The lowest BCUT2D eigenvalue weighted by Gasteiger charge is -2.19. The summed E-state index contributed by atoms with van der Waals surface area (Å²) in [5.41, 5.74) is 10.8. The number of para-hydroxylation sites is 4. The van der Waals surface area contributed by atoms with Gasteiger partial charge in [0.25, 0.3) is 0 Å². The predicted molar refractivity (Wildman–Crippen MR) is 200 cm³/mol. The van der Waals surface area contributed by atoms with Gasteiger partial charge in [-0.15, -0.1) is 0 Å². The first-order chi connectivity index (χ1) is 24.7. The molecule has 230 valence electrons. The Morgan fingerprint density at radius 3 is 1.50 bits per heavy atom. The summed E-state index contributed by atoms with van der Waals surface area (Å²) >= 11 is 0. The van der Waals surface area contributed by atoms with Crippen LogP contribution in [0.1, 0.15) is 16.7 Å². The third kappa shape index (κ3) is 4.24. The van der Waals surface area contributed by atoms with Crippen LogP contribution in [0.5, 0.6) is 0 Å². The van der Waals surface area contributed by atoms with Crippen molar-refractivity contribution in [2.75, 3.05) is 0 Å². The Hall–Kier alpha value is -7.39. The van der Waals surface area contributed by atoms with Gasteiger partial charge in [-0.05, 0) is 71.8 Å². The monoisotopic (exact) mass is 635 g/mol. The standard InChI is InChI=1S/C45H25N5/c46-26-29-20-22-32(37(24-29)35-12-3-7-17-42(35)49-40-15-5-1-10-33(40)34-11-2-6-16-41(34)49)31-14-9-19-44(39(31)28-48)50-43-18-8-4-13-36(43)38-25-30(27-47)21-23-45(38)50/h1-25H. The van der Waals surface area contributed by atoms with E-state index in [2.05, 4.69) is 94.1 Å². The van der Waals surface area contributed by atoms with Gasteiger partial charge >= 0.3 is 0 Å². The van der Waals surface area contributed by atoms with Gasteiger partial charge in [-0.3, -0.25) is 0 Å². The van der Waals surface area contributed by atoms with Crippen LogP contribution in [-0.4, -0.2) is 9.13 Å². The molecule has 0 bridgehead atoms. The van der Waals surface area contributed by atoms with Crippen LogP contribution < -0.4 is 0 Å². The molecule has 7 aromatic carbocycles. The largest absolute Gasteiger partial charge is 0.309 e. The summed E-state index contributed by atoms with van der Waals surface area (Å²) in [6, 6.07) is 57.7. The van der Waals surface area contributed by atoms with Crippen molar-refractivity contribution in [2.24, 2.45) is 0 Å². The van der Waals surface area contributed by atoms with Crippen molar-refractivity contribution in [3.63, 3.8) is 0 Å². The highest BCUT2D eigenvalue weighted by Crippen LogP contribution is 2.42. The minimum absolute atomic E-state index is 0.514. The lowest BCUT2D eigenvalue weighted by molar-refractivity contribution is 1.17. The van der Waals surface area contributed by atoms with Gasteiger partial charge in [-0.2, -0.15) is 15.8 Å². The van der Waals surface area contributed by atoms with Crippen LogP contribution in [0.2, 0.25) is 0 Å². The minimum Gasteiger partial charge on any atom is -0.309 e. The highest BCUT2D eigenvalue weighted by Gasteiger charge is 2.22. The Labute approximate surface area is 287 Å². The fourth-order valence-corrected chi connectivity index (χ4v) is 7.52. The Morgan fingerprint density at radius 2 is 0.840 bits per heavy atom. The number of benzene rings is 7. The number of nitrogens with zero attached hydrogens (tertiary/aromatic N) is 5. The summed E-state index contributed by atoms with van der Waals surface area (Å²) in [6.45, 7) is 0. The molecule has 50 heavy (non-hydrogen) atoms. The van der Waals surface area contributed by atoms with E-state index in [0.29, 0.717) is 16.7 Å². The Balaban J connectivity index is 1.33. The fourth-order valence-electron chi connectivity index (χ4n) is 7.52. The number of nitriles is 3. The summed E-state index contributed by atoms with van der Waals surface area (Å²) in [6.07, 6.45) is 0. The lowest BCUT2D eigenvalue weighted by atomic mass is 9.89. The maximum Gasteiger partial charge on any atom is 0.102 e. The van der Waals surface area contributed by atoms with Crippen molar-refractivity contribution in [1.82, 2.24) is 9.13 Å². The molecule has 0 radical (unpaired) electrons. The smallest absolute Gasteiger partial charge is 0.102 e.